The van der Waals surface area contributed by atoms with Crippen LogP contribution in [0.3, 0.4) is 0 Å². The van der Waals surface area contributed by atoms with Crippen LogP contribution in [0.25, 0.3) is 0 Å². The molecule has 7 heteroatoms. The molecule has 0 spiro atoms. The van der Waals surface area contributed by atoms with E-state index < -0.39 is 12.0 Å². The van der Waals surface area contributed by atoms with Gasteiger partial charge < -0.3 is 29.4 Å². The Morgan fingerprint density at radius 2 is 1.83 bits per heavy atom. The Hall–Kier alpha value is -3.37. The number of amides is 1. The Balaban J connectivity index is 1.71. The van der Waals surface area contributed by atoms with E-state index >= 15 is 0 Å². The Kier molecular flexibility index (Phi) is 8.67. The van der Waals surface area contributed by atoms with Gasteiger partial charge in [0.1, 0.15) is 31.3 Å². The van der Waals surface area contributed by atoms with Crippen molar-refractivity contribution in [1.82, 2.24) is 5.32 Å². The Labute approximate surface area is 170 Å². The van der Waals surface area contributed by atoms with Crippen molar-refractivity contribution < 1.29 is 28.8 Å². The normalized spacial score (nSPS) is 11.1. The lowest BCUT2D eigenvalue weighted by Crippen LogP contribution is -2.40. The number of ether oxygens (including phenoxy) is 4. The lowest BCUT2D eigenvalue weighted by molar-refractivity contribution is -0.130. The predicted octanol–water partition coefficient (Wildman–Crippen LogP) is 1.95. The molecule has 2 N–H and O–H groups in total. The van der Waals surface area contributed by atoms with Gasteiger partial charge in [0.05, 0.1) is 13.7 Å². The molecule has 7 nitrogen and oxygen atoms in total. The molecule has 1 amide bonds. The lowest BCUT2D eigenvalue weighted by atomic mass is 10.2. The lowest BCUT2D eigenvalue weighted by Gasteiger charge is -2.14. The van der Waals surface area contributed by atoms with E-state index in [-0.39, 0.29) is 26.4 Å². The average Bonchev–Trinajstić information content (AvgIpc) is 2.74. The van der Waals surface area contributed by atoms with Gasteiger partial charge in [-0.05, 0) is 31.2 Å². The highest BCUT2D eigenvalue weighted by molar-refractivity contribution is 5.80. The highest BCUT2D eigenvalue weighted by Gasteiger charge is 2.15. The quantitative estimate of drug-likeness (QED) is 0.444. The third-order valence-corrected chi connectivity index (χ3v) is 3.85. The van der Waals surface area contributed by atoms with Gasteiger partial charge in [-0.1, -0.05) is 23.6 Å². The molecule has 0 radical (unpaired) electrons. The minimum absolute atomic E-state index is 0.133. The summed E-state index contributed by atoms with van der Waals surface area (Å²) < 4.78 is 21.6. The van der Waals surface area contributed by atoms with E-state index in [1.807, 2.05) is 19.1 Å². The van der Waals surface area contributed by atoms with Gasteiger partial charge in [-0.15, -0.1) is 6.42 Å². The molecule has 154 valence electrons. The van der Waals surface area contributed by atoms with Crippen molar-refractivity contribution in [2.75, 3.05) is 33.5 Å². The fourth-order valence-electron chi connectivity index (χ4n) is 2.32. The number of terminal acetylenes is 1. The van der Waals surface area contributed by atoms with Crippen molar-refractivity contribution in [2.45, 2.75) is 13.0 Å². The number of carbonyl (C=O) groups is 1. The van der Waals surface area contributed by atoms with Crippen molar-refractivity contribution in [3.8, 4) is 35.3 Å². The largest absolute Gasteiger partial charge is 0.493 e. The second kappa shape index (κ2) is 11.5. The van der Waals surface area contributed by atoms with Gasteiger partial charge in [0.2, 0.25) is 0 Å². The minimum atomic E-state index is -1.27. The molecule has 0 saturated carbocycles. The van der Waals surface area contributed by atoms with E-state index in [2.05, 4.69) is 11.2 Å². The van der Waals surface area contributed by atoms with Crippen LogP contribution in [0, 0.1) is 19.3 Å². The highest BCUT2D eigenvalue weighted by Crippen LogP contribution is 2.31. The van der Waals surface area contributed by atoms with Crippen LogP contribution in [0.2, 0.25) is 0 Å². The van der Waals surface area contributed by atoms with Crippen molar-refractivity contribution in [1.29, 1.82) is 0 Å². The third kappa shape index (κ3) is 7.28. The summed E-state index contributed by atoms with van der Waals surface area (Å²) in [6.07, 6.45) is 3.90. The van der Waals surface area contributed by atoms with Crippen LogP contribution in [0.5, 0.6) is 23.0 Å². The molecule has 0 aromatic heterocycles. The summed E-state index contributed by atoms with van der Waals surface area (Å²) in [5.41, 5.74) is 1.10. The topological polar surface area (TPSA) is 86.3 Å². The number of rotatable bonds is 11. The molecule has 0 fully saturated rings. The van der Waals surface area contributed by atoms with Gasteiger partial charge in [0, 0.05) is 6.07 Å². The SMILES string of the molecule is C#CCOc1ccc(OCCNC(=O)C(O)COc2ccc(C)cc2)cc1OC. The minimum Gasteiger partial charge on any atom is -0.493 e. The number of nitrogens with one attached hydrogen (secondary N) is 1. The summed E-state index contributed by atoms with van der Waals surface area (Å²) in [6.45, 7) is 2.40. The fourth-order valence-corrected chi connectivity index (χ4v) is 2.32. The Morgan fingerprint density at radius 1 is 1.10 bits per heavy atom. The Bertz CT molecular complexity index is 828. The van der Waals surface area contributed by atoms with Gasteiger partial charge in [-0.2, -0.15) is 0 Å². The van der Waals surface area contributed by atoms with E-state index in [9.17, 15) is 9.90 Å². The van der Waals surface area contributed by atoms with E-state index in [1.165, 1.54) is 7.11 Å². The first-order valence-corrected chi connectivity index (χ1v) is 9.06. The Morgan fingerprint density at radius 3 is 2.52 bits per heavy atom. The number of aliphatic hydroxyl groups is 1. The van der Waals surface area contributed by atoms with Crippen LogP contribution >= 0.6 is 0 Å². The number of aliphatic hydroxyl groups excluding tert-OH is 1. The summed E-state index contributed by atoms with van der Waals surface area (Å²) in [7, 11) is 1.52. The summed E-state index contributed by atoms with van der Waals surface area (Å²) in [5, 5.41) is 12.5. The van der Waals surface area contributed by atoms with Crippen LogP contribution in [0.4, 0.5) is 0 Å². The first-order chi connectivity index (χ1) is 14.0. The average molecular weight is 399 g/mol. The summed E-state index contributed by atoms with van der Waals surface area (Å²) in [4.78, 5) is 11.9. The number of hydrogen-bond donors (Lipinski definition) is 2. The molecule has 2 aromatic rings. The number of benzene rings is 2. The molecule has 0 bridgehead atoms. The van der Waals surface area contributed by atoms with Gasteiger partial charge in [-0.25, -0.2) is 0 Å². The van der Waals surface area contributed by atoms with Gasteiger partial charge in [-0.3, -0.25) is 4.79 Å². The monoisotopic (exact) mass is 399 g/mol. The van der Waals surface area contributed by atoms with Crippen LogP contribution in [-0.2, 0) is 4.79 Å². The van der Waals surface area contributed by atoms with Crippen LogP contribution in [0.1, 0.15) is 5.56 Å². The number of methoxy groups -OCH3 is 1. The molecule has 0 aliphatic rings. The maximum Gasteiger partial charge on any atom is 0.252 e. The van der Waals surface area contributed by atoms with Crippen LogP contribution < -0.4 is 24.3 Å². The van der Waals surface area contributed by atoms with Gasteiger partial charge >= 0.3 is 0 Å². The zero-order chi connectivity index (χ0) is 21.1. The maximum absolute atomic E-state index is 11.9. The zero-order valence-corrected chi connectivity index (χ0v) is 16.5. The molecule has 29 heavy (non-hydrogen) atoms. The van der Waals surface area contributed by atoms with Crippen LogP contribution in [0.15, 0.2) is 42.5 Å². The van der Waals surface area contributed by atoms with Crippen molar-refractivity contribution >= 4 is 5.91 Å². The van der Waals surface area contributed by atoms with E-state index in [0.29, 0.717) is 23.0 Å². The number of aryl methyl sites for hydroxylation is 1. The summed E-state index contributed by atoms with van der Waals surface area (Å²) in [6, 6.07) is 12.4. The fraction of sp³-hybridized carbons (Fsp3) is 0.318. The van der Waals surface area contributed by atoms with E-state index in [0.717, 1.165) is 5.56 Å². The molecule has 0 saturated heterocycles. The number of hydrogen-bond acceptors (Lipinski definition) is 6. The van der Waals surface area contributed by atoms with Crippen molar-refractivity contribution in [3.63, 3.8) is 0 Å². The second-order valence-electron chi connectivity index (χ2n) is 6.08. The first-order valence-electron chi connectivity index (χ1n) is 9.06. The molecule has 2 rings (SSSR count). The molecule has 2 aromatic carbocycles. The van der Waals surface area contributed by atoms with Crippen molar-refractivity contribution in [3.05, 3.63) is 48.0 Å². The van der Waals surface area contributed by atoms with Gasteiger partial charge in [0.15, 0.2) is 17.6 Å². The molecular formula is C22H25NO6. The van der Waals surface area contributed by atoms with Crippen molar-refractivity contribution in [2.24, 2.45) is 0 Å². The highest BCUT2D eigenvalue weighted by atomic mass is 16.5. The molecule has 1 unspecified atom stereocenters. The number of carbonyl (C=O) groups excluding carboxylic acids is 1. The smallest absolute Gasteiger partial charge is 0.252 e. The van der Waals surface area contributed by atoms with Crippen LogP contribution in [-0.4, -0.2) is 50.6 Å². The van der Waals surface area contributed by atoms with E-state index in [4.69, 9.17) is 25.4 Å². The second-order valence-corrected chi connectivity index (χ2v) is 6.08. The summed E-state index contributed by atoms with van der Waals surface area (Å²) >= 11 is 0. The zero-order valence-electron chi connectivity index (χ0n) is 16.5. The van der Waals surface area contributed by atoms with Gasteiger partial charge in [0.25, 0.3) is 5.91 Å². The third-order valence-electron chi connectivity index (χ3n) is 3.85. The maximum atomic E-state index is 11.9. The molecule has 1 atom stereocenters. The van der Waals surface area contributed by atoms with E-state index in [1.54, 1.807) is 30.3 Å². The molecule has 0 aliphatic carbocycles. The molecule has 0 aliphatic heterocycles. The first kappa shape index (κ1) is 21.9. The summed E-state index contributed by atoms with van der Waals surface area (Å²) in [5.74, 6) is 4.00. The predicted molar refractivity (Wildman–Crippen MR) is 109 cm³/mol. The standard InChI is InChI=1S/C22H25NO6/c1-4-12-28-20-10-9-18(14-21(20)26-3)27-13-11-23-22(25)19(24)15-29-17-7-5-16(2)6-8-17/h1,5-10,14,19,24H,11-13,15H2,2-3H3,(H,23,25). The molecular weight excluding hydrogens is 374 g/mol. The molecule has 0 heterocycles.